The third-order valence-corrected chi connectivity index (χ3v) is 10.5. The van der Waals surface area contributed by atoms with Gasteiger partial charge in [-0.05, 0) is 46.8 Å². The summed E-state index contributed by atoms with van der Waals surface area (Å²) >= 11 is 0. The highest BCUT2D eigenvalue weighted by Crippen LogP contribution is 2.50. The first-order valence-electron chi connectivity index (χ1n) is 17.6. The molecule has 7 atom stereocenters. The SMILES string of the molecule is Cc1ccc(C(=O)NP(=O)(OCC2O[C@@H](n3cnc4c(N)ncnc43)C[C@H]2OC(C)C)OC2C[C@H](n3cnc4c(N)ncnc43)O[C@@H]2COC(C)C)cc1. The normalized spacial score (nSPS) is 24.2. The van der Waals surface area contributed by atoms with Gasteiger partial charge in [-0.15, -0.1) is 0 Å². The molecule has 288 valence electrons. The molecule has 2 aliphatic rings. The van der Waals surface area contributed by atoms with Crippen LogP contribution in [-0.4, -0.2) is 94.8 Å². The van der Waals surface area contributed by atoms with Crippen molar-refractivity contribution in [3.63, 3.8) is 0 Å². The van der Waals surface area contributed by atoms with E-state index < -0.39 is 50.5 Å². The number of ether oxygens (including phenoxy) is 4. The molecule has 3 unspecified atom stereocenters. The molecular formula is C34H44N11O8P. The zero-order valence-corrected chi connectivity index (χ0v) is 31.4. The van der Waals surface area contributed by atoms with Crippen molar-refractivity contribution in [3.8, 4) is 0 Å². The summed E-state index contributed by atoms with van der Waals surface area (Å²) in [6, 6.07) is 6.81. The fraction of sp³-hybridized carbons (Fsp3) is 0.500. The summed E-state index contributed by atoms with van der Waals surface area (Å²) in [6.45, 7) is 9.31. The van der Waals surface area contributed by atoms with Crippen LogP contribution in [0.25, 0.3) is 22.3 Å². The third kappa shape index (κ3) is 8.07. The zero-order valence-electron chi connectivity index (χ0n) is 30.5. The number of nitrogens with two attached hydrogens (primary N) is 2. The minimum atomic E-state index is -4.48. The van der Waals surface area contributed by atoms with E-state index >= 15 is 0 Å². The first kappa shape index (κ1) is 37.7. The average Bonchev–Trinajstić information content (AvgIpc) is 3.92. The molecule has 0 aliphatic carbocycles. The molecule has 6 heterocycles. The number of aromatic nitrogens is 8. The number of carbonyl (C=O) groups excluding carboxylic acids is 1. The number of carbonyl (C=O) groups is 1. The number of fused-ring (bicyclic) bond motifs is 2. The molecule has 5 N–H and O–H groups in total. The van der Waals surface area contributed by atoms with Crippen molar-refractivity contribution in [2.45, 2.75) is 96.5 Å². The van der Waals surface area contributed by atoms with E-state index in [1.807, 2.05) is 34.6 Å². The molecule has 2 fully saturated rings. The number of benzene rings is 1. The van der Waals surface area contributed by atoms with Crippen molar-refractivity contribution in [2.24, 2.45) is 0 Å². The third-order valence-electron chi connectivity index (χ3n) is 9.03. The summed E-state index contributed by atoms with van der Waals surface area (Å²) in [5, 5.41) is 2.55. The Morgan fingerprint density at radius 3 is 1.94 bits per heavy atom. The second-order valence-electron chi connectivity index (χ2n) is 13.7. The summed E-state index contributed by atoms with van der Waals surface area (Å²) in [7, 11) is -4.48. The van der Waals surface area contributed by atoms with Crippen LogP contribution in [0.15, 0.2) is 49.6 Å². The Morgan fingerprint density at radius 1 is 0.833 bits per heavy atom. The van der Waals surface area contributed by atoms with Crippen LogP contribution in [0, 0.1) is 6.92 Å². The first-order valence-corrected chi connectivity index (χ1v) is 19.2. The Kier molecular flexibility index (Phi) is 10.9. The van der Waals surface area contributed by atoms with E-state index in [1.165, 1.54) is 12.7 Å². The largest absolute Gasteiger partial charge is 0.435 e. The fourth-order valence-electron chi connectivity index (χ4n) is 6.43. The highest BCUT2D eigenvalue weighted by molar-refractivity contribution is 7.52. The molecule has 0 spiro atoms. The summed E-state index contributed by atoms with van der Waals surface area (Å²) in [4.78, 5) is 39.1. The number of anilines is 2. The van der Waals surface area contributed by atoms with E-state index in [1.54, 1.807) is 46.1 Å². The topological polar surface area (TPSA) is 241 Å². The van der Waals surface area contributed by atoms with Gasteiger partial charge in [0.05, 0.1) is 44.2 Å². The first-order chi connectivity index (χ1) is 25.9. The molecule has 1 aromatic carbocycles. The Labute approximate surface area is 310 Å². The van der Waals surface area contributed by atoms with E-state index in [9.17, 15) is 9.36 Å². The van der Waals surface area contributed by atoms with Crippen LogP contribution in [0.2, 0.25) is 0 Å². The Bertz CT molecular complexity index is 2150. The van der Waals surface area contributed by atoms with Crippen molar-refractivity contribution in [1.82, 2.24) is 44.1 Å². The fourth-order valence-corrected chi connectivity index (χ4v) is 7.91. The number of hydrogen-bond acceptors (Lipinski definition) is 16. The molecule has 4 aromatic heterocycles. The van der Waals surface area contributed by atoms with Crippen LogP contribution in [0.5, 0.6) is 0 Å². The van der Waals surface area contributed by atoms with Crippen molar-refractivity contribution in [1.29, 1.82) is 0 Å². The number of imidazole rings is 2. The summed E-state index contributed by atoms with van der Waals surface area (Å²) in [6.07, 6.45) is 1.99. The maximum atomic E-state index is 14.9. The Morgan fingerprint density at radius 2 is 1.39 bits per heavy atom. The quantitative estimate of drug-likeness (QED) is 0.136. The second-order valence-corrected chi connectivity index (χ2v) is 15.4. The van der Waals surface area contributed by atoms with E-state index in [-0.39, 0.29) is 49.0 Å². The number of rotatable bonds is 14. The standard InChI is InChI=1S/C34H44N11O8P/c1-18(2)48-12-24-23(11-27(51-24)45-17-42-29-31(36)38-15-40-33(29)45)53-54(47,43-34(46)21-8-6-20(5)7-9-21)49-13-25-22(50-19(3)4)10-26(52-25)44-16-41-28-30(35)37-14-39-32(28)44/h6-9,14-19,22-27H,10-13H2,1-5H3,(H2,35,37,39)(H2,36,38,40)(H,43,46,47)/t22-,23?,24-,25?,26-,27-,54?/m1/s1. The smallest absolute Gasteiger partial charge is 0.382 e. The molecule has 0 saturated carbocycles. The number of amides is 1. The van der Waals surface area contributed by atoms with Gasteiger partial charge in [-0.2, -0.15) is 0 Å². The van der Waals surface area contributed by atoms with Gasteiger partial charge >= 0.3 is 7.75 Å². The number of nitrogens with zero attached hydrogens (tertiary/aromatic N) is 8. The highest BCUT2D eigenvalue weighted by Gasteiger charge is 2.46. The molecule has 2 aliphatic heterocycles. The molecule has 1 amide bonds. The second kappa shape index (κ2) is 15.6. The van der Waals surface area contributed by atoms with Crippen molar-refractivity contribution in [3.05, 3.63) is 60.7 Å². The number of nitrogens with one attached hydrogen (secondary N) is 1. The molecule has 54 heavy (non-hydrogen) atoms. The molecular weight excluding hydrogens is 721 g/mol. The monoisotopic (exact) mass is 765 g/mol. The Hall–Kier alpha value is -4.62. The van der Waals surface area contributed by atoms with Gasteiger partial charge in [0.25, 0.3) is 5.91 Å². The number of nitrogen functional groups attached to an aromatic ring is 2. The average molecular weight is 766 g/mol. The van der Waals surface area contributed by atoms with Crippen LogP contribution < -0.4 is 16.6 Å². The predicted octanol–water partition coefficient (Wildman–Crippen LogP) is 3.87. The van der Waals surface area contributed by atoms with E-state index in [2.05, 4.69) is 35.0 Å². The predicted molar refractivity (Wildman–Crippen MR) is 195 cm³/mol. The minimum Gasteiger partial charge on any atom is -0.382 e. The zero-order chi connectivity index (χ0) is 38.1. The number of aryl methyl sites for hydroxylation is 1. The van der Waals surface area contributed by atoms with Gasteiger partial charge in [-0.3, -0.25) is 28.1 Å². The molecule has 0 radical (unpaired) electrons. The van der Waals surface area contributed by atoms with Gasteiger partial charge in [0, 0.05) is 18.4 Å². The summed E-state index contributed by atoms with van der Waals surface area (Å²) < 4.78 is 55.8. The van der Waals surface area contributed by atoms with E-state index in [0.29, 0.717) is 28.7 Å². The van der Waals surface area contributed by atoms with E-state index in [0.717, 1.165) is 5.56 Å². The Balaban J connectivity index is 1.16. The molecule has 5 aromatic rings. The molecule has 19 nitrogen and oxygen atoms in total. The maximum absolute atomic E-state index is 14.9. The lowest BCUT2D eigenvalue weighted by molar-refractivity contribution is -0.0787. The maximum Gasteiger partial charge on any atom is 0.435 e. The molecule has 7 rings (SSSR count). The van der Waals surface area contributed by atoms with Gasteiger partial charge in [0.1, 0.15) is 54.5 Å². The molecule has 20 heteroatoms. The van der Waals surface area contributed by atoms with Gasteiger partial charge in [0.2, 0.25) is 0 Å². The number of hydrogen-bond donors (Lipinski definition) is 3. The van der Waals surface area contributed by atoms with Crippen LogP contribution >= 0.6 is 7.75 Å². The van der Waals surface area contributed by atoms with Gasteiger partial charge in [-0.1, -0.05) is 17.7 Å². The lowest BCUT2D eigenvalue weighted by atomic mass is 10.1. The van der Waals surface area contributed by atoms with Gasteiger partial charge in [-0.25, -0.2) is 34.5 Å². The van der Waals surface area contributed by atoms with E-state index in [4.69, 9.17) is 39.5 Å². The van der Waals surface area contributed by atoms with Gasteiger partial charge in [0.15, 0.2) is 22.9 Å². The van der Waals surface area contributed by atoms with Crippen molar-refractivity contribution < 1.29 is 37.4 Å². The highest BCUT2D eigenvalue weighted by atomic mass is 31.2. The molecule has 2 saturated heterocycles. The van der Waals surface area contributed by atoms with Crippen LogP contribution in [-0.2, 0) is 32.6 Å². The van der Waals surface area contributed by atoms with Crippen LogP contribution in [0.3, 0.4) is 0 Å². The lowest BCUT2D eigenvalue weighted by Crippen LogP contribution is -2.35. The van der Waals surface area contributed by atoms with Gasteiger partial charge < -0.3 is 30.4 Å². The summed E-state index contributed by atoms with van der Waals surface area (Å²) in [5.41, 5.74) is 15.1. The van der Waals surface area contributed by atoms with Crippen LogP contribution in [0.4, 0.5) is 11.6 Å². The summed E-state index contributed by atoms with van der Waals surface area (Å²) in [5.74, 6) is -0.197. The molecule has 0 bridgehead atoms. The van der Waals surface area contributed by atoms with Crippen molar-refractivity contribution >= 4 is 47.6 Å². The van der Waals surface area contributed by atoms with Crippen molar-refractivity contribution in [2.75, 3.05) is 24.7 Å². The van der Waals surface area contributed by atoms with Crippen LogP contribution in [0.1, 0.15) is 68.9 Å². The lowest BCUT2D eigenvalue weighted by Gasteiger charge is -2.27. The minimum absolute atomic E-state index is 0.0964.